The Morgan fingerprint density at radius 3 is 2.58 bits per heavy atom. The van der Waals surface area contributed by atoms with Gasteiger partial charge in [-0.1, -0.05) is 28.9 Å². The molecule has 4 heteroatoms. The second-order valence-corrected chi connectivity index (χ2v) is 5.90. The van der Waals surface area contributed by atoms with E-state index in [9.17, 15) is 5.11 Å². The molecule has 19 heavy (non-hydrogen) atoms. The summed E-state index contributed by atoms with van der Waals surface area (Å²) in [5.41, 5.74) is 2.44. The van der Waals surface area contributed by atoms with Crippen molar-refractivity contribution in [1.82, 2.24) is 5.32 Å². The number of benzene rings is 1. The molecule has 2 unspecified atom stereocenters. The topological polar surface area (TPSA) is 35.5 Å². The lowest BCUT2D eigenvalue weighted by Gasteiger charge is -2.22. The number of nitrogens with zero attached hydrogens (tertiary/aromatic N) is 1. The lowest BCUT2D eigenvalue weighted by molar-refractivity contribution is 0.187. The van der Waals surface area contributed by atoms with Crippen LogP contribution in [0, 0.1) is 0 Å². The van der Waals surface area contributed by atoms with Crippen molar-refractivity contribution < 1.29 is 5.11 Å². The largest absolute Gasteiger partial charge is 0.393 e. The van der Waals surface area contributed by atoms with Gasteiger partial charge in [0.25, 0.3) is 0 Å². The third kappa shape index (κ3) is 5.13. The number of hydrogen-bond acceptors (Lipinski definition) is 3. The van der Waals surface area contributed by atoms with Crippen LogP contribution in [0.5, 0.6) is 0 Å². The Bertz CT molecular complexity index is 396. The van der Waals surface area contributed by atoms with E-state index in [0.717, 1.165) is 24.0 Å². The number of hydrogen-bond donors (Lipinski definition) is 2. The zero-order valence-electron chi connectivity index (χ0n) is 12.3. The van der Waals surface area contributed by atoms with E-state index in [2.05, 4.69) is 65.2 Å². The average Bonchev–Trinajstić information content (AvgIpc) is 2.35. The molecule has 1 aromatic rings. The molecule has 0 radical (unpaired) electrons. The highest BCUT2D eigenvalue weighted by Gasteiger charge is 2.10. The molecule has 0 heterocycles. The molecular formula is C15H25BrN2O. The molecule has 2 atom stereocenters. The normalized spacial score (nSPS) is 14.2. The van der Waals surface area contributed by atoms with Gasteiger partial charge in [0, 0.05) is 29.8 Å². The molecule has 1 aromatic carbocycles. The number of aliphatic hydroxyl groups is 1. The van der Waals surface area contributed by atoms with Crippen molar-refractivity contribution in [2.45, 2.75) is 39.3 Å². The van der Waals surface area contributed by atoms with E-state index in [4.69, 9.17) is 0 Å². The molecule has 0 aliphatic rings. The van der Waals surface area contributed by atoms with Gasteiger partial charge in [-0.2, -0.15) is 0 Å². The Hall–Kier alpha value is -0.580. The van der Waals surface area contributed by atoms with Crippen LogP contribution in [0.1, 0.15) is 38.8 Å². The predicted molar refractivity (Wildman–Crippen MR) is 85.8 cm³/mol. The fourth-order valence-electron chi connectivity index (χ4n) is 2.03. The third-order valence-corrected chi connectivity index (χ3v) is 3.97. The second kappa shape index (κ2) is 7.88. The molecule has 0 fully saturated rings. The van der Waals surface area contributed by atoms with Crippen LogP contribution in [0.2, 0.25) is 0 Å². The molecule has 0 aromatic heterocycles. The first-order valence-corrected chi connectivity index (χ1v) is 7.67. The van der Waals surface area contributed by atoms with Gasteiger partial charge in [0.2, 0.25) is 0 Å². The maximum atomic E-state index is 9.33. The number of aliphatic hydroxyl groups excluding tert-OH is 1. The lowest BCUT2D eigenvalue weighted by atomic mass is 10.1. The van der Waals surface area contributed by atoms with Crippen molar-refractivity contribution >= 4 is 21.6 Å². The average molecular weight is 329 g/mol. The summed E-state index contributed by atoms with van der Waals surface area (Å²) in [6.07, 6.45) is 0.530. The van der Waals surface area contributed by atoms with E-state index >= 15 is 0 Å². The summed E-state index contributed by atoms with van der Waals surface area (Å²) in [5.74, 6) is 0. The molecule has 0 aliphatic heterocycles. The van der Waals surface area contributed by atoms with Gasteiger partial charge < -0.3 is 15.3 Å². The molecule has 2 N–H and O–H groups in total. The molecule has 0 aliphatic carbocycles. The van der Waals surface area contributed by atoms with Gasteiger partial charge in [-0.3, -0.25) is 0 Å². The molecule has 0 bridgehead atoms. The maximum Gasteiger partial charge on any atom is 0.0528 e. The molecule has 0 spiro atoms. The fourth-order valence-corrected chi connectivity index (χ4v) is 2.74. The third-order valence-electron chi connectivity index (χ3n) is 3.28. The molecule has 0 amide bonds. The lowest BCUT2D eigenvalue weighted by Crippen LogP contribution is -2.22. The van der Waals surface area contributed by atoms with E-state index in [1.807, 2.05) is 6.92 Å². The Morgan fingerprint density at radius 1 is 1.37 bits per heavy atom. The number of rotatable bonds is 7. The van der Waals surface area contributed by atoms with Crippen LogP contribution in [0.25, 0.3) is 0 Å². The Labute approximate surface area is 125 Å². The van der Waals surface area contributed by atoms with Crippen LogP contribution in [0.15, 0.2) is 22.7 Å². The van der Waals surface area contributed by atoms with Gasteiger partial charge in [0.1, 0.15) is 0 Å². The summed E-state index contributed by atoms with van der Waals surface area (Å²) in [5, 5.41) is 12.7. The van der Waals surface area contributed by atoms with Crippen molar-refractivity contribution in [2.24, 2.45) is 0 Å². The highest BCUT2D eigenvalue weighted by molar-refractivity contribution is 9.10. The first kappa shape index (κ1) is 16.5. The van der Waals surface area contributed by atoms with Crippen molar-refractivity contribution in [2.75, 3.05) is 25.0 Å². The van der Waals surface area contributed by atoms with Crippen LogP contribution in [0.4, 0.5) is 5.69 Å². The minimum absolute atomic E-state index is 0.251. The van der Waals surface area contributed by atoms with Gasteiger partial charge in [-0.15, -0.1) is 0 Å². The first-order valence-electron chi connectivity index (χ1n) is 6.87. The van der Waals surface area contributed by atoms with E-state index in [-0.39, 0.29) is 6.10 Å². The zero-order valence-corrected chi connectivity index (χ0v) is 13.9. The maximum absolute atomic E-state index is 9.33. The summed E-state index contributed by atoms with van der Waals surface area (Å²) >= 11 is 3.65. The first-order chi connectivity index (χ1) is 8.95. The highest BCUT2D eigenvalue weighted by Crippen LogP contribution is 2.28. The minimum atomic E-state index is -0.251. The molecule has 3 nitrogen and oxygen atoms in total. The standard InChI is InChI=1S/C15H25BrN2O/c1-5-17-12(3)14-7-6-13(10-15(14)16)18(4)9-8-11(2)19/h6-7,10-12,17,19H,5,8-9H2,1-4H3. The van der Waals surface area contributed by atoms with Crippen molar-refractivity contribution in [3.63, 3.8) is 0 Å². The minimum Gasteiger partial charge on any atom is -0.393 e. The van der Waals surface area contributed by atoms with Gasteiger partial charge in [0.05, 0.1) is 6.10 Å². The fraction of sp³-hybridized carbons (Fsp3) is 0.600. The smallest absolute Gasteiger partial charge is 0.0528 e. The summed E-state index contributed by atoms with van der Waals surface area (Å²) in [7, 11) is 2.05. The molecule has 1 rings (SSSR count). The van der Waals surface area contributed by atoms with Gasteiger partial charge in [0.15, 0.2) is 0 Å². The van der Waals surface area contributed by atoms with E-state index < -0.39 is 0 Å². The predicted octanol–water partition coefficient (Wildman–Crippen LogP) is 3.33. The SMILES string of the molecule is CCNC(C)c1ccc(N(C)CCC(C)O)cc1Br. The Balaban J connectivity index is 2.75. The van der Waals surface area contributed by atoms with Crippen LogP contribution >= 0.6 is 15.9 Å². The Morgan fingerprint density at radius 2 is 2.05 bits per heavy atom. The van der Waals surface area contributed by atoms with Crippen LogP contribution < -0.4 is 10.2 Å². The number of anilines is 1. The second-order valence-electron chi connectivity index (χ2n) is 5.04. The number of nitrogens with one attached hydrogen (secondary N) is 1. The molecular weight excluding hydrogens is 304 g/mol. The highest BCUT2D eigenvalue weighted by atomic mass is 79.9. The Kier molecular flexibility index (Phi) is 6.83. The van der Waals surface area contributed by atoms with E-state index in [1.165, 1.54) is 11.3 Å². The monoisotopic (exact) mass is 328 g/mol. The summed E-state index contributed by atoms with van der Waals surface area (Å²) in [6.45, 7) is 7.92. The van der Waals surface area contributed by atoms with Crippen LogP contribution in [0.3, 0.4) is 0 Å². The summed E-state index contributed by atoms with van der Waals surface area (Å²) in [6, 6.07) is 6.78. The quantitative estimate of drug-likeness (QED) is 0.805. The van der Waals surface area contributed by atoms with Crippen molar-refractivity contribution in [1.29, 1.82) is 0 Å². The van der Waals surface area contributed by atoms with E-state index in [1.54, 1.807) is 0 Å². The summed E-state index contributed by atoms with van der Waals surface area (Å²) < 4.78 is 1.13. The van der Waals surface area contributed by atoms with Gasteiger partial charge in [-0.25, -0.2) is 0 Å². The van der Waals surface area contributed by atoms with Crippen LogP contribution in [-0.4, -0.2) is 31.3 Å². The van der Waals surface area contributed by atoms with E-state index in [0.29, 0.717) is 6.04 Å². The van der Waals surface area contributed by atoms with Crippen LogP contribution in [-0.2, 0) is 0 Å². The van der Waals surface area contributed by atoms with Gasteiger partial charge >= 0.3 is 0 Å². The van der Waals surface area contributed by atoms with Crippen molar-refractivity contribution in [3.8, 4) is 0 Å². The number of halogens is 1. The molecule has 0 saturated heterocycles. The molecule has 108 valence electrons. The summed E-state index contributed by atoms with van der Waals surface area (Å²) in [4.78, 5) is 2.17. The zero-order chi connectivity index (χ0) is 14.4. The molecule has 0 saturated carbocycles. The van der Waals surface area contributed by atoms with Gasteiger partial charge in [-0.05, 0) is 44.5 Å². The van der Waals surface area contributed by atoms with Crippen molar-refractivity contribution in [3.05, 3.63) is 28.2 Å².